The Labute approximate surface area is 179 Å². The minimum absolute atomic E-state index is 0.0250. The Balaban J connectivity index is 1.51. The molecule has 0 radical (unpaired) electrons. The third-order valence-corrected chi connectivity index (χ3v) is 6.03. The molecule has 164 valence electrons. The van der Waals surface area contributed by atoms with E-state index >= 15 is 0 Å². The largest absolute Gasteiger partial charge is 0.392 e. The van der Waals surface area contributed by atoms with Crippen LogP contribution in [-0.2, 0) is 21.9 Å². The average molecular weight is 429 g/mol. The lowest BCUT2D eigenvalue weighted by Crippen LogP contribution is -2.39. The highest BCUT2D eigenvalue weighted by Gasteiger charge is 2.48. The number of alkyl halides is 2. The highest BCUT2D eigenvalue weighted by atomic mass is 19.3. The molecular weight excluding hydrogens is 404 g/mol. The van der Waals surface area contributed by atoms with Crippen molar-refractivity contribution in [3.05, 3.63) is 65.2 Å². The van der Waals surface area contributed by atoms with Crippen molar-refractivity contribution in [1.82, 2.24) is 9.80 Å². The van der Waals surface area contributed by atoms with Crippen molar-refractivity contribution in [3.8, 4) is 0 Å². The first-order chi connectivity index (χ1) is 14.8. The Bertz CT molecular complexity index is 983. The lowest BCUT2D eigenvalue weighted by molar-refractivity contribution is -0.139. The lowest BCUT2D eigenvalue weighted by Gasteiger charge is -2.32. The Morgan fingerprint density at radius 2 is 2.03 bits per heavy atom. The summed E-state index contributed by atoms with van der Waals surface area (Å²) in [5.41, 5.74) is 1.23. The molecule has 0 aliphatic carbocycles. The molecular formula is C23H25F2N3O3. The molecule has 1 unspecified atom stereocenters. The molecule has 0 aromatic heterocycles. The zero-order valence-corrected chi connectivity index (χ0v) is 17.2. The number of fused-ring (bicyclic) bond motifs is 1. The van der Waals surface area contributed by atoms with Crippen LogP contribution < -0.4 is 5.32 Å². The van der Waals surface area contributed by atoms with E-state index in [9.17, 15) is 23.5 Å². The van der Waals surface area contributed by atoms with Crippen LogP contribution >= 0.6 is 0 Å². The fourth-order valence-electron chi connectivity index (χ4n) is 4.22. The number of hydrogen-bond acceptors (Lipinski definition) is 4. The van der Waals surface area contributed by atoms with Gasteiger partial charge in [-0.1, -0.05) is 42.5 Å². The predicted molar refractivity (Wildman–Crippen MR) is 112 cm³/mol. The summed E-state index contributed by atoms with van der Waals surface area (Å²) < 4.78 is 27.7. The van der Waals surface area contributed by atoms with Gasteiger partial charge in [-0.25, -0.2) is 0 Å². The van der Waals surface area contributed by atoms with Crippen molar-refractivity contribution in [2.75, 3.05) is 32.0 Å². The Morgan fingerprint density at radius 3 is 2.71 bits per heavy atom. The molecule has 4 rings (SSSR count). The summed E-state index contributed by atoms with van der Waals surface area (Å²) in [5, 5.41) is 12.0. The van der Waals surface area contributed by atoms with Gasteiger partial charge in [-0.15, -0.1) is 0 Å². The maximum Gasteiger partial charge on any atom is 0.352 e. The van der Waals surface area contributed by atoms with E-state index in [2.05, 4.69) is 10.2 Å². The van der Waals surface area contributed by atoms with Crippen LogP contribution in [0.25, 0.3) is 0 Å². The molecule has 2 heterocycles. The van der Waals surface area contributed by atoms with Gasteiger partial charge in [0.1, 0.15) is 0 Å². The maximum atomic E-state index is 13.9. The highest BCUT2D eigenvalue weighted by Crippen LogP contribution is 2.40. The minimum atomic E-state index is -3.55. The Kier molecular flexibility index (Phi) is 5.77. The van der Waals surface area contributed by atoms with Gasteiger partial charge >= 0.3 is 5.92 Å². The molecule has 0 spiro atoms. The predicted octanol–water partition coefficient (Wildman–Crippen LogP) is 2.54. The topological polar surface area (TPSA) is 72.9 Å². The smallest absolute Gasteiger partial charge is 0.352 e. The third kappa shape index (κ3) is 4.31. The summed E-state index contributed by atoms with van der Waals surface area (Å²) in [7, 11) is 1.73. The van der Waals surface area contributed by atoms with Crippen LogP contribution in [0, 0.1) is 0 Å². The van der Waals surface area contributed by atoms with Gasteiger partial charge < -0.3 is 15.3 Å². The van der Waals surface area contributed by atoms with Gasteiger partial charge in [0.25, 0.3) is 5.91 Å². The first-order valence-corrected chi connectivity index (χ1v) is 10.3. The van der Waals surface area contributed by atoms with Gasteiger partial charge in [0.2, 0.25) is 5.91 Å². The highest BCUT2D eigenvalue weighted by molar-refractivity contribution is 6.04. The number of nitrogens with zero attached hydrogens (tertiary/aromatic N) is 2. The number of benzene rings is 2. The summed E-state index contributed by atoms with van der Waals surface area (Å²) >= 11 is 0. The van der Waals surface area contributed by atoms with Gasteiger partial charge in [0.05, 0.1) is 29.8 Å². The normalized spacial score (nSPS) is 20.9. The van der Waals surface area contributed by atoms with Gasteiger partial charge in [0, 0.05) is 26.7 Å². The monoisotopic (exact) mass is 429 g/mol. The van der Waals surface area contributed by atoms with Crippen LogP contribution in [0.15, 0.2) is 48.5 Å². The molecule has 31 heavy (non-hydrogen) atoms. The number of anilines is 1. The summed E-state index contributed by atoms with van der Waals surface area (Å²) in [4.78, 5) is 28.4. The number of aliphatic hydroxyl groups is 1. The van der Waals surface area contributed by atoms with Crippen molar-refractivity contribution in [1.29, 1.82) is 0 Å². The van der Waals surface area contributed by atoms with E-state index in [4.69, 9.17) is 0 Å². The van der Waals surface area contributed by atoms with Gasteiger partial charge in [-0.2, -0.15) is 8.78 Å². The molecule has 1 fully saturated rings. The number of likely N-dealkylation sites (tertiary alicyclic amines) is 1. The van der Waals surface area contributed by atoms with E-state index in [0.29, 0.717) is 25.1 Å². The van der Waals surface area contributed by atoms with Crippen molar-refractivity contribution >= 4 is 17.5 Å². The molecule has 2 aromatic rings. The van der Waals surface area contributed by atoms with Crippen LogP contribution in [0.5, 0.6) is 0 Å². The summed E-state index contributed by atoms with van der Waals surface area (Å²) in [6.07, 6.45) is 0.388. The summed E-state index contributed by atoms with van der Waals surface area (Å²) in [5.74, 6) is -5.06. The van der Waals surface area contributed by atoms with Crippen LogP contribution in [0.3, 0.4) is 0 Å². The van der Waals surface area contributed by atoms with Crippen LogP contribution in [0.1, 0.15) is 29.2 Å². The average Bonchev–Trinajstić information content (AvgIpc) is 3.25. The Morgan fingerprint density at radius 1 is 1.29 bits per heavy atom. The zero-order chi connectivity index (χ0) is 22.2. The molecule has 0 saturated carbocycles. The van der Waals surface area contributed by atoms with E-state index < -0.39 is 11.8 Å². The van der Waals surface area contributed by atoms with Crippen LogP contribution in [-0.4, -0.2) is 59.5 Å². The first-order valence-electron chi connectivity index (χ1n) is 10.3. The fourth-order valence-corrected chi connectivity index (χ4v) is 4.22. The molecule has 6 nitrogen and oxygen atoms in total. The number of likely N-dealkylation sites (N-methyl/N-ethyl adjacent to an activating group) is 1. The molecule has 2 aliphatic heterocycles. The quantitative estimate of drug-likeness (QED) is 0.740. The van der Waals surface area contributed by atoms with Gasteiger partial charge in [0.15, 0.2) is 0 Å². The molecule has 8 heteroatoms. The number of carbonyl (C=O) groups is 2. The van der Waals surface area contributed by atoms with Crippen molar-refractivity contribution in [2.24, 2.45) is 0 Å². The second-order valence-corrected chi connectivity index (χ2v) is 8.22. The minimum Gasteiger partial charge on any atom is -0.392 e. The third-order valence-electron chi connectivity index (χ3n) is 6.03. The second kappa shape index (κ2) is 8.36. The number of rotatable bonds is 6. The molecule has 2 N–H and O–H groups in total. The van der Waals surface area contributed by atoms with Crippen molar-refractivity contribution in [3.63, 3.8) is 0 Å². The molecule has 2 amide bonds. The van der Waals surface area contributed by atoms with Gasteiger partial charge in [-0.05, 0) is 23.6 Å². The number of nitrogens with one attached hydrogen (secondary N) is 1. The summed E-state index contributed by atoms with van der Waals surface area (Å²) in [6.45, 7) is 1.94. The van der Waals surface area contributed by atoms with E-state index in [1.165, 1.54) is 18.2 Å². The van der Waals surface area contributed by atoms with Gasteiger partial charge in [-0.3, -0.25) is 14.5 Å². The molecule has 2 aromatic carbocycles. The fraction of sp³-hybridized carbons (Fsp3) is 0.391. The number of halogens is 2. The van der Waals surface area contributed by atoms with E-state index in [1.807, 2.05) is 30.3 Å². The number of β-amino-alcohol motifs (C(OH)–C–C–N with tert-alkyl or cyclic N) is 1. The van der Waals surface area contributed by atoms with Crippen LogP contribution in [0.2, 0.25) is 0 Å². The number of hydrogen-bond donors (Lipinski definition) is 2. The molecule has 2 aliphatic rings. The molecule has 1 saturated heterocycles. The molecule has 2 atom stereocenters. The standard InChI is InChI=1S/C23H25F2N3O3/c1-27(20(16-5-3-2-4-6-16)14-28-10-9-17(29)13-28)21(30)12-15-7-8-18-19(11-15)26-22(31)23(18,24)25/h2-8,11,17,20,29H,9-10,12-14H2,1H3,(H,26,31)/t17?,20-/m1/s1. The van der Waals surface area contributed by atoms with Crippen molar-refractivity contribution < 1.29 is 23.5 Å². The second-order valence-electron chi connectivity index (χ2n) is 8.22. The Hall–Kier alpha value is -2.84. The van der Waals surface area contributed by atoms with E-state index in [-0.39, 0.29) is 35.7 Å². The first kappa shape index (κ1) is 21.4. The molecule has 0 bridgehead atoms. The zero-order valence-electron chi connectivity index (χ0n) is 17.2. The number of carbonyl (C=O) groups excluding carboxylic acids is 2. The SMILES string of the molecule is CN(C(=O)Cc1ccc2c(c1)NC(=O)C2(F)F)[C@H](CN1CCC(O)C1)c1ccccc1. The number of amides is 2. The lowest BCUT2D eigenvalue weighted by atomic mass is 10.0. The summed E-state index contributed by atoms with van der Waals surface area (Å²) in [6, 6.07) is 13.6. The van der Waals surface area contributed by atoms with Crippen LogP contribution in [0.4, 0.5) is 14.5 Å². The van der Waals surface area contributed by atoms with E-state index in [1.54, 1.807) is 11.9 Å². The maximum absolute atomic E-state index is 13.9. The number of aliphatic hydroxyl groups excluding tert-OH is 1. The van der Waals surface area contributed by atoms with E-state index in [0.717, 1.165) is 12.1 Å². The van der Waals surface area contributed by atoms with Crippen molar-refractivity contribution in [2.45, 2.75) is 30.9 Å².